The molecule has 1 aromatic carbocycles. The van der Waals surface area contributed by atoms with Gasteiger partial charge in [0.05, 0.1) is 11.1 Å². The van der Waals surface area contributed by atoms with Crippen molar-refractivity contribution in [3.05, 3.63) is 57.6 Å². The summed E-state index contributed by atoms with van der Waals surface area (Å²) in [6, 6.07) is 11.2. The van der Waals surface area contributed by atoms with Crippen molar-refractivity contribution >= 4 is 22.5 Å². The number of fused-ring (bicyclic) bond motifs is 1. The van der Waals surface area contributed by atoms with Crippen LogP contribution in [0, 0.1) is 6.92 Å². The second kappa shape index (κ2) is 4.48. The Hall–Kier alpha value is -2.20. The monoisotopic (exact) mass is 271 g/mol. The van der Waals surface area contributed by atoms with Crippen LogP contribution in [0.25, 0.3) is 22.0 Å². The van der Waals surface area contributed by atoms with Gasteiger partial charge in [-0.15, -0.1) is 0 Å². The van der Waals surface area contributed by atoms with Gasteiger partial charge in [-0.1, -0.05) is 23.7 Å². The van der Waals surface area contributed by atoms with E-state index in [1.54, 1.807) is 6.07 Å². The highest BCUT2D eigenvalue weighted by Crippen LogP contribution is 2.22. The molecule has 0 aliphatic carbocycles. The van der Waals surface area contributed by atoms with E-state index in [1.807, 2.05) is 37.3 Å². The van der Waals surface area contributed by atoms with Crippen molar-refractivity contribution in [2.75, 3.05) is 0 Å². The summed E-state index contributed by atoms with van der Waals surface area (Å²) in [5.74, 6) is 0. The van der Waals surface area contributed by atoms with E-state index < -0.39 is 0 Å². The SMILES string of the molecule is Cc1ccc2cc(-c3cc(Cl)n[nH]c3=O)ccc2n1. The number of nitrogens with one attached hydrogen (secondary N) is 1. The summed E-state index contributed by atoms with van der Waals surface area (Å²) in [4.78, 5) is 16.2. The third-order valence-corrected chi connectivity index (χ3v) is 3.11. The number of halogens is 1. The zero-order valence-corrected chi connectivity index (χ0v) is 10.9. The molecular formula is C14H10ClN3O. The summed E-state index contributed by atoms with van der Waals surface area (Å²) in [6.45, 7) is 1.95. The van der Waals surface area contributed by atoms with E-state index in [-0.39, 0.29) is 10.7 Å². The third-order valence-electron chi connectivity index (χ3n) is 2.91. The van der Waals surface area contributed by atoms with E-state index in [4.69, 9.17) is 11.6 Å². The molecule has 0 unspecified atom stereocenters. The fraction of sp³-hybridized carbons (Fsp3) is 0.0714. The average molecular weight is 272 g/mol. The maximum atomic E-state index is 11.8. The van der Waals surface area contributed by atoms with Crippen molar-refractivity contribution in [3.8, 4) is 11.1 Å². The lowest BCUT2D eigenvalue weighted by atomic mass is 10.1. The summed E-state index contributed by atoms with van der Waals surface area (Å²) >= 11 is 5.81. The van der Waals surface area contributed by atoms with Crippen LogP contribution >= 0.6 is 11.6 Å². The van der Waals surface area contributed by atoms with Crippen LogP contribution in [-0.4, -0.2) is 15.2 Å². The Morgan fingerprint density at radius 1 is 1.16 bits per heavy atom. The van der Waals surface area contributed by atoms with Gasteiger partial charge in [-0.05, 0) is 36.8 Å². The van der Waals surface area contributed by atoms with Crippen LogP contribution in [0.3, 0.4) is 0 Å². The molecule has 0 amide bonds. The highest BCUT2D eigenvalue weighted by Gasteiger charge is 2.06. The first-order chi connectivity index (χ1) is 9.13. The number of aromatic nitrogens is 3. The van der Waals surface area contributed by atoms with Crippen LogP contribution in [0.4, 0.5) is 0 Å². The molecule has 3 rings (SSSR count). The number of nitrogens with zero attached hydrogens (tertiary/aromatic N) is 2. The van der Waals surface area contributed by atoms with E-state index in [0.29, 0.717) is 5.56 Å². The maximum absolute atomic E-state index is 11.8. The van der Waals surface area contributed by atoms with Crippen LogP contribution < -0.4 is 5.56 Å². The van der Waals surface area contributed by atoms with Crippen LogP contribution in [0.1, 0.15) is 5.69 Å². The van der Waals surface area contributed by atoms with Gasteiger partial charge >= 0.3 is 0 Å². The quantitative estimate of drug-likeness (QED) is 0.740. The Morgan fingerprint density at radius 2 is 2.00 bits per heavy atom. The Balaban J connectivity index is 2.23. The molecule has 0 spiro atoms. The minimum absolute atomic E-state index is 0.260. The number of H-pyrrole nitrogens is 1. The molecule has 5 heteroatoms. The van der Waals surface area contributed by atoms with Gasteiger partial charge in [0.15, 0.2) is 0 Å². The van der Waals surface area contributed by atoms with Crippen LogP contribution in [0.5, 0.6) is 0 Å². The lowest BCUT2D eigenvalue weighted by molar-refractivity contribution is 0.992. The molecule has 3 aromatic rings. The number of aryl methyl sites for hydroxylation is 1. The molecule has 1 N–H and O–H groups in total. The van der Waals surface area contributed by atoms with Crippen molar-refractivity contribution in [1.29, 1.82) is 0 Å². The lowest BCUT2D eigenvalue weighted by Gasteiger charge is -2.04. The normalized spacial score (nSPS) is 10.8. The number of aromatic amines is 1. The van der Waals surface area contributed by atoms with Crippen molar-refractivity contribution in [2.45, 2.75) is 6.92 Å². The van der Waals surface area contributed by atoms with Crippen LogP contribution in [0.2, 0.25) is 5.15 Å². The number of hydrogen-bond acceptors (Lipinski definition) is 3. The predicted molar refractivity (Wildman–Crippen MR) is 75.3 cm³/mol. The molecule has 2 aromatic heterocycles. The highest BCUT2D eigenvalue weighted by molar-refractivity contribution is 6.29. The van der Waals surface area contributed by atoms with E-state index in [2.05, 4.69) is 15.2 Å². The van der Waals surface area contributed by atoms with E-state index >= 15 is 0 Å². The largest absolute Gasteiger partial charge is 0.272 e. The molecule has 0 saturated heterocycles. The standard InChI is InChI=1S/C14H10ClN3O/c1-8-2-3-10-6-9(4-5-12(10)16-8)11-7-13(15)17-18-14(11)19/h2-7H,1H3,(H,18,19). The summed E-state index contributed by atoms with van der Waals surface area (Å²) in [5, 5.41) is 7.27. The first-order valence-corrected chi connectivity index (χ1v) is 6.14. The summed E-state index contributed by atoms with van der Waals surface area (Å²) in [5.41, 5.74) is 2.90. The second-order valence-electron chi connectivity index (χ2n) is 4.29. The van der Waals surface area contributed by atoms with Gasteiger partial charge in [0.25, 0.3) is 5.56 Å². The Bertz CT molecular complexity index is 826. The predicted octanol–water partition coefficient (Wildman–Crippen LogP) is 2.95. The number of pyridine rings is 1. The molecule has 0 fully saturated rings. The van der Waals surface area contributed by atoms with Crippen molar-refractivity contribution in [2.24, 2.45) is 0 Å². The Kier molecular flexibility index (Phi) is 2.80. The van der Waals surface area contributed by atoms with Crippen LogP contribution in [0.15, 0.2) is 41.2 Å². The molecule has 4 nitrogen and oxygen atoms in total. The molecule has 0 aliphatic heterocycles. The van der Waals surface area contributed by atoms with Crippen molar-refractivity contribution < 1.29 is 0 Å². The summed E-state index contributed by atoms with van der Waals surface area (Å²) in [6.07, 6.45) is 0. The van der Waals surface area contributed by atoms with E-state index in [0.717, 1.165) is 22.2 Å². The first kappa shape index (κ1) is 11.9. The van der Waals surface area contributed by atoms with Gasteiger partial charge in [-0.3, -0.25) is 9.78 Å². The first-order valence-electron chi connectivity index (χ1n) is 5.76. The minimum atomic E-state index is -0.260. The van der Waals surface area contributed by atoms with Gasteiger partial charge < -0.3 is 0 Å². The maximum Gasteiger partial charge on any atom is 0.272 e. The molecule has 0 atom stereocenters. The molecule has 94 valence electrons. The molecule has 0 bridgehead atoms. The summed E-state index contributed by atoms with van der Waals surface area (Å²) in [7, 11) is 0. The van der Waals surface area contributed by atoms with E-state index in [9.17, 15) is 4.79 Å². The zero-order valence-electron chi connectivity index (χ0n) is 10.1. The fourth-order valence-corrected chi connectivity index (χ4v) is 2.14. The number of benzene rings is 1. The third kappa shape index (κ3) is 2.22. The van der Waals surface area contributed by atoms with Gasteiger partial charge in [-0.25, -0.2) is 5.10 Å². The van der Waals surface area contributed by atoms with Gasteiger partial charge in [0.1, 0.15) is 5.15 Å². The second-order valence-corrected chi connectivity index (χ2v) is 4.68. The fourth-order valence-electron chi connectivity index (χ4n) is 1.99. The Labute approximate surface area is 114 Å². The molecular weight excluding hydrogens is 262 g/mol. The highest BCUT2D eigenvalue weighted by atomic mass is 35.5. The van der Waals surface area contributed by atoms with Gasteiger partial charge in [0, 0.05) is 11.1 Å². The van der Waals surface area contributed by atoms with Crippen LogP contribution in [-0.2, 0) is 0 Å². The molecule has 0 aliphatic rings. The smallest absolute Gasteiger partial charge is 0.267 e. The zero-order chi connectivity index (χ0) is 13.4. The number of hydrogen-bond donors (Lipinski definition) is 1. The Morgan fingerprint density at radius 3 is 2.84 bits per heavy atom. The van der Waals surface area contributed by atoms with Gasteiger partial charge in [0.2, 0.25) is 0 Å². The van der Waals surface area contributed by atoms with Crippen molar-refractivity contribution in [3.63, 3.8) is 0 Å². The topological polar surface area (TPSA) is 58.6 Å². The van der Waals surface area contributed by atoms with E-state index in [1.165, 1.54) is 0 Å². The molecule has 0 saturated carbocycles. The molecule has 2 heterocycles. The molecule has 0 radical (unpaired) electrons. The minimum Gasteiger partial charge on any atom is -0.267 e. The molecule has 19 heavy (non-hydrogen) atoms. The number of rotatable bonds is 1. The van der Waals surface area contributed by atoms with Gasteiger partial charge in [-0.2, -0.15) is 5.10 Å². The lowest BCUT2D eigenvalue weighted by Crippen LogP contribution is -2.10. The van der Waals surface area contributed by atoms with Crippen molar-refractivity contribution in [1.82, 2.24) is 15.2 Å². The summed E-state index contributed by atoms with van der Waals surface area (Å²) < 4.78 is 0. The average Bonchev–Trinajstić information content (AvgIpc) is 2.41.